The van der Waals surface area contributed by atoms with Crippen molar-refractivity contribution < 1.29 is 9.90 Å². The summed E-state index contributed by atoms with van der Waals surface area (Å²) in [6.45, 7) is 2.65. The molecular formula is C15H20BrNO2. The van der Waals surface area contributed by atoms with Crippen LogP contribution in [0.1, 0.15) is 41.6 Å². The maximum atomic E-state index is 12.0. The molecule has 1 fully saturated rings. The molecule has 4 heteroatoms. The summed E-state index contributed by atoms with van der Waals surface area (Å²) in [6, 6.07) is 5.62. The second-order valence-corrected chi connectivity index (χ2v) is 6.21. The normalized spacial score (nSPS) is 23.1. The van der Waals surface area contributed by atoms with Crippen molar-refractivity contribution in [1.29, 1.82) is 0 Å². The molecule has 0 radical (unpaired) electrons. The summed E-state index contributed by atoms with van der Waals surface area (Å²) >= 11 is 3.44. The number of aryl methyl sites for hydroxylation is 1. The Morgan fingerprint density at radius 3 is 2.95 bits per heavy atom. The number of carbonyl (C=O) groups excluding carboxylic acids is 1. The van der Waals surface area contributed by atoms with Crippen LogP contribution >= 0.6 is 15.9 Å². The van der Waals surface area contributed by atoms with E-state index < -0.39 is 0 Å². The minimum Gasteiger partial charge on any atom is -0.393 e. The molecule has 104 valence electrons. The molecule has 19 heavy (non-hydrogen) atoms. The van der Waals surface area contributed by atoms with Crippen molar-refractivity contribution in [2.45, 2.75) is 38.7 Å². The van der Waals surface area contributed by atoms with E-state index in [1.807, 2.05) is 25.1 Å². The highest BCUT2D eigenvalue weighted by molar-refractivity contribution is 9.10. The molecular weight excluding hydrogens is 306 g/mol. The largest absolute Gasteiger partial charge is 0.393 e. The zero-order valence-electron chi connectivity index (χ0n) is 11.2. The molecule has 2 unspecified atom stereocenters. The smallest absolute Gasteiger partial charge is 0.251 e. The number of hydrogen-bond acceptors (Lipinski definition) is 2. The number of rotatable bonds is 3. The maximum Gasteiger partial charge on any atom is 0.251 e. The Balaban J connectivity index is 1.88. The fourth-order valence-electron chi connectivity index (χ4n) is 2.52. The molecule has 0 saturated heterocycles. The minimum absolute atomic E-state index is 0.0410. The first-order valence-corrected chi connectivity index (χ1v) is 7.58. The lowest BCUT2D eigenvalue weighted by atomic mass is 9.87. The van der Waals surface area contributed by atoms with Gasteiger partial charge in [0.25, 0.3) is 5.91 Å². The molecule has 2 N–H and O–H groups in total. The molecule has 2 rings (SSSR count). The highest BCUT2D eigenvalue weighted by Crippen LogP contribution is 2.23. The lowest BCUT2D eigenvalue weighted by Crippen LogP contribution is -2.32. The quantitative estimate of drug-likeness (QED) is 0.897. The van der Waals surface area contributed by atoms with E-state index in [2.05, 4.69) is 21.2 Å². The van der Waals surface area contributed by atoms with Gasteiger partial charge in [-0.2, -0.15) is 0 Å². The second-order valence-electron chi connectivity index (χ2n) is 5.36. The van der Waals surface area contributed by atoms with Gasteiger partial charge in [0.2, 0.25) is 0 Å². The Bertz CT molecular complexity index is 461. The third-order valence-electron chi connectivity index (χ3n) is 3.74. The van der Waals surface area contributed by atoms with Crippen molar-refractivity contribution in [3.05, 3.63) is 33.8 Å². The van der Waals surface area contributed by atoms with Gasteiger partial charge in [0.15, 0.2) is 0 Å². The van der Waals surface area contributed by atoms with Crippen molar-refractivity contribution in [3.8, 4) is 0 Å². The van der Waals surface area contributed by atoms with Gasteiger partial charge in [-0.1, -0.05) is 28.4 Å². The van der Waals surface area contributed by atoms with Gasteiger partial charge in [-0.15, -0.1) is 0 Å². The molecule has 3 nitrogen and oxygen atoms in total. The van der Waals surface area contributed by atoms with Crippen molar-refractivity contribution in [2.24, 2.45) is 5.92 Å². The van der Waals surface area contributed by atoms with E-state index in [4.69, 9.17) is 0 Å². The number of halogens is 1. The van der Waals surface area contributed by atoms with Crippen LogP contribution in [-0.2, 0) is 0 Å². The number of aliphatic hydroxyl groups is 1. The van der Waals surface area contributed by atoms with Gasteiger partial charge >= 0.3 is 0 Å². The van der Waals surface area contributed by atoms with E-state index in [0.29, 0.717) is 18.0 Å². The number of hydrogen-bond donors (Lipinski definition) is 2. The topological polar surface area (TPSA) is 49.3 Å². The first-order chi connectivity index (χ1) is 9.06. The van der Waals surface area contributed by atoms with E-state index in [1.54, 1.807) is 0 Å². The van der Waals surface area contributed by atoms with Gasteiger partial charge in [0.1, 0.15) is 0 Å². The SMILES string of the molecule is Cc1ccc(C(=O)NCC2CCCC(O)C2)cc1Br. The fourth-order valence-corrected chi connectivity index (χ4v) is 2.90. The third kappa shape index (κ3) is 4.05. The first-order valence-electron chi connectivity index (χ1n) is 6.78. The lowest BCUT2D eigenvalue weighted by Gasteiger charge is -2.25. The molecule has 1 aliphatic rings. The summed E-state index contributed by atoms with van der Waals surface area (Å²) < 4.78 is 0.952. The lowest BCUT2D eigenvalue weighted by molar-refractivity contribution is 0.0874. The highest BCUT2D eigenvalue weighted by atomic mass is 79.9. The Kier molecular flexibility index (Phi) is 4.99. The summed E-state index contributed by atoms with van der Waals surface area (Å²) in [5.41, 5.74) is 1.79. The van der Waals surface area contributed by atoms with Crippen molar-refractivity contribution in [1.82, 2.24) is 5.32 Å². The van der Waals surface area contributed by atoms with E-state index in [0.717, 1.165) is 35.7 Å². The van der Waals surface area contributed by atoms with Gasteiger partial charge in [-0.05, 0) is 49.8 Å². The molecule has 2 atom stereocenters. The predicted octanol–water partition coefficient (Wildman–Crippen LogP) is 3.04. The van der Waals surface area contributed by atoms with Crippen LogP contribution in [0.25, 0.3) is 0 Å². The van der Waals surface area contributed by atoms with Gasteiger partial charge < -0.3 is 10.4 Å². The zero-order valence-corrected chi connectivity index (χ0v) is 12.7. The van der Waals surface area contributed by atoms with E-state index in [9.17, 15) is 9.90 Å². The van der Waals surface area contributed by atoms with Gasteiger partial charge in [0, 0.05) is 16.6 Å². The Morgan fingerprint density at radius 1 is 1.47 bits per heavy atom. The number of carbonyl (C=O) groups is 1. The van der Waals surface area contributed by atoms with Gasteiger partial charge in [-0.25, -0.2) is 0 Å². The zero-order chi connectivity index (χ0) is 13.8. The van der Waals surface area contributed by atoms with Crippen LogP contribution in [0.4, 0.5) is 0 Å². The molecule has 1 aromatic rings. The second kappa shape index (κ2) is 6.53. The van der Waals surface area contributed by atoms with Crippen molar-refractivity contribution in [2.75, 3.05) is 6.54 Å². The average Bonchev–Trinajstić information content (AvgIpc) is 2.39. The minimum atomic E-state index is -0.191. The van der Waals surface area contributed by atoms with Gasteiger partial charge in [0.05, 0.1) is 6.10 Å². The molecule has 0 heterocycles. The molecule has 1 aromatic carbocycles. The van der Waals surface area contributed by atoms with E-state index in [1.165, 1.54) is 0 Å². The van der Waals surface area contributed by atoms with Crippen LogP contribution in [0, 0.1) is 12.8 Å². The number of aliphatic hydroxyl groups excluding tert-OH is 1. The van der Waals surface area contributed by atoms with E-state index in [-0.39, 0.29) is 12.0 Å². The molecule has 1 amide bonds. The molecule has 0 aromatic heterocycles. The summed E-state index contributed by atoms with van der Waals surface area (Å²) in [6.07, 6.45) is 3.66. The van der Waals surface area contributed by atoms with E-state index >= 15 is 0 Å². The maximum absolute atomic E-state index is 12.0. The van der Waals surface area contributed by atoms with Crippen LogP contribution in [0.5, 0.6) is 0 Å². The Morgan fingerprint density at radius 2 is 2.26 bits per heavy atom. The summed E-state index contributed by atoms with van der Waals surface area (Å²) in [5.74, 6) is 0.363. The van der Waals surface area contributed by atoms with Crippen LogP contribution in [0.2, 0.25) is 0 Å². The molecule has 0 spiro atoms. The molecule has 1 saturated carbocycles. The predicted molar refractivity (Wildman–Crippen MR) is 79.2 cm³/mol. The third-order valence-corrected chi connectivity index (χ3v) is 4.59. The Labute approximate surface area is 122 Å². The van der Waals surface area contributed by atoms with Crippen LogP contribution in [0.15, 0.2) is 22.7 Å². The van der Waals surface area contributed by atoms with Crippen LogP contribution in [0.3, 0.4) is 0 Å². The van der Waals surface area contributed by atoms with Crippen LogP contribution in [-0.4, -0.2) is 23.7 Å². The summed E-state index contributed by atoms with van der Waals surface area (Å²) in [5, 5.41) is 12.6. The number of benzene rings is 1. The van der Waals surface area contributed by atoms with Crippen LogP contribution < -0.4 is 5.32 Å². The molecule has 1 aliphatic carbocycles. The van der Waals surface area contributed by atoms with Gasteiger partial charge in [-0.3, -0.25) is 4.79 Å². The number of nitrogens with one attached hydrogen (secondary N) is 1. The highest BCUT2D eigenvalue weighted by Gasteiger charge is 2.20. The molecule has 0 bridgehead atoms. The Hall–Kier alpha value is -0.870. The first kappa shape index (κ1) is 14.5. The summed E-state index contributed by atoms with van der Waals surface area (Å²) in [4.78, 5) is 12.0. The standard InChI is InChI=1S/C15H20BrNO2/c1-10-5-6-12(8-14(10)16)15(19)17-9-11-3-2-4-13(18)7-11/h5-6,8,11,13,18H,2-4,7,9H2,1H3,(H,17,19). The monoisotopic (exact) mass is 325 g/mol. The number of amides is 1. The fraction of sp³-hybridized carbons (Fsp3) is 0.533. The van der Waals surface area contributed by atoms with Crippen molar-refractivity contribution >= 4 is 21.8 Å². The molecule has 0 aliphatic heterocycles. The summed E-state index contributed by atoms with van der Waals surface area (Å²) in [7, 11) is 0. The van der Waals surface area contributed by atoms with Crippen molar-refractivity contribution in [3.63, 3.8) is 0 Å². The average molecular weight is 326 g/mol.